The Hall–Kier alpha value is -1.36. The second-order valence-electron chi connectivity index (χ2n) is 5.78. The third-order valence-electron chi connectivity index (χ3n) is 4.93. The number of carbonyl (C=O) groups excluding carboxylic acids is 1. The standard InChI is InChI=1S/C15H26N4O/c1-3-15(4-2,10-16)14(20)18-12-6-5-7-13(12)19-9-8-17-11-19/h8-9,11-13H,3-7,10,16H2,1-2H3,(H,18,20). The Bertz CT molecular complexity index is 417. The molecule has 0 aromatic carbocycles. The summed E-state index contributed by atoms with van der Waals surface area (Å²) in [4.78, 5) is 16.7. The number of nitrogens with one attached hydrogen (secondary N) is 1. The lowest BCUT2D eigenvalue weighted by Gasteiger charge is -2.32. The van der Waals surface area contributed by atoms with Crippen LogP contribution in [0.5, 0.6) is 0 Å². The second kappa shape index (κ2) is 6.39. The average molecular weight is 278 g/mol. The lowest BCUT2D eigenvalue weighted by atomic mass is 9.81. The van der Waals surface area contributed by atoms with Crippen LogP contribution in [-0.2, 0) is 4.79 Å². The monoisotopic (exact) mass is 278 g/mol. The average Bonchev–Trinajstić information content (AvgIpc) is 3.11. The number of nitrogens with two attached hydrogens (primary N) is 1. The van der Waals surface area contributed by atoms with Crippen LogP contribution < -0.4 is 11.1 Å². The first-order valence-electron chi connectivity index (χ1n) is 7.65. The molecule has 5 heteroatoms. The Morgan fingerprint density at radius 2 is 2.20 bits per heavy atom. The molecule has 1 amide bonds. The van der Waals surface area contributed by atoms with Gasteiger partial charge < -0.3 is 15.6 Å². The summed E-state index contributed by atoms with van der Waals surface area (Å²) >= 11 is 0. The molecule has 3 N–H and O–H groups in total. The first-order chi connectivity index (χ1) is 9.66. The van der Waals surface area contributed by atoms with Gasteiger partial charge in [0.1, 0.15) is 0 Å². The molecule has 2 rings (SSSR count). The molecule has 0 aliphatic heterocycles. The van der Waals surface area contributed by atoms with Gasteiger partial charge in [0.15, 0.2) is 0 Å². The molecule has 1 heterocycles. The molecule has 1 aliphatic rings. The van der Waals surface area contributed by atoms with Crippen molar-refractivity contribution in [3.05, 3.63) is 18.7 Å². The summed E-state index contributed by atoms with van der Waals surface area (Å²) in [6.45, 7) is 4.49. The fourth-order valence-corrected chi connectivity index (χ4v) is 3.21. The van der Waals surface area contributed by atoms with Gasteiger partial charge in [-0.05, 0) is 32.1 Å². The Kier molecular flexibility index (Phi) is 4.81. The fourth-order valence-electron chi connectivity index (χ4n) is 3.21. The summed E-state index contributed by atoms with van der Waals surface area (Å²) < 4.78 is 2.11. The molecule has 1 saturated carbocycles. The Morgan fingerprint density at radius 3 is 2.75 bits per heavy atom. The number of hydrogen-bond acceptors (Lipinski definition) is 3. The molecule has 1 aromatic heterocycles. The highest BCUT2D eigenvalue weighted by Crippen LogP contribution is 2.32. The second-order valence-corrected chi connectivity index (χ2v) is 5.78. The number of nitrogens with zero attached hydrogens (tertiary/aromatic N) is 2. The van der Waals surface area contributed by atoms with Crippen LogP contribution in [0.3, 0.4) is 0 Å². The Balaban J connectivity index is 2.07. The van der Waals surface area contributed by atoms with Crippen LogP contribution in [0, 0.1) is 5.41 Å². The fraction of sp³-hybridized carbons (Fsp3) is 0.733. The zero-order chi connectivity index (χ0) is 14.6. The molecule has 2 unspecified atom stereocenters. The van der Waals surface area contributed by atoms with E-state index in [1.54, 1.807) is 6.20 Å². The normalized spacial score (nSPS) is 22.9. The maximum Gasteiger partial charge on any atom is 0.227 e. The van der Waals surface area contributed by atoms with Gasteiger partial charge in [-0.1, -0.05) is 13.8 Å². The van der Waals surface area contributed by atoms with E-state index in [1.807, 2.05) is 26.4 Å². The number of imidazole rings is 1. The molecule has 1 aromatic rings. The lowest BCUT2D eigenvalue weighted by Crippen LogP contribution is -2.49. The smallest absolute Gasteiger partial charge is 0.227 e. The van der Waals surface area contributed by atoms with E-state index < -0.39 is 5.41 Å². The van der Waals surface area contributed by atoms with Gasteiger partial charge in [0.2, 0.25) is 5.91 Å². The molecule has 20 heavy (non-hydrogen) atoms. The van der Waals surface area contributed by atoms with E-state index in [0.29, 0.717) is 12.6 Å². The maximum absolute atomic E-state index is 12.6. The van der Waals surface area contributed by atoms with Gasteiger partial charge in [-0.3, -0.25) is 4.79 Å². The van der Waals surface area contributed by atoms with Crippen molar-refractivity contribution >= 4 is 5.91 Å². The lowest BCUT2D eigenvalue weighted by molar-refractivity contribution is -0.132. The SMILES string of the molecule is CCC(CC)(CN)C(=O)NC1CCCC1n1ccnc1. The summed E-state index contributed by atoms with van der Waals surface area (Å²) in [5.41, 5.74) is 5.44. The van der Waals surface area contributed by atoms with Crippen LogP contribution in [0.25, 0.3) is 0 Å². The zero-order valence-corrected chi connectivity index (χ0v) is 12.5. The minimum atomic E-state index is -0.415. The highest BCUT2D eigenvalue weighted by Gasteiger charge is 2.37. The van der Waals surface area contributed by atoms with E-state index in [0.717, 1.165) is 32.1 Å². The van der Waals surface area contributed by atoms with Crippen molar-refractivity contribution in [1.82, 2.24) is 14.9 Å². The molecule has 0 saturated heterocycles. The highest BCUT2D eigenvalue weighted by molar-refractivity contribution is 5.83. The molecule has 0 spiro atoms. The van der Waals surface area contributed by atoms with E-state index in [-0.39, 0.29) is 11.9 Å². The predicted octanol–water partition coefficient (Wildman–Crippen LogP) is 1.86. The Morgan fingerprint density at radius 1 is 1.45 bits per heavy atom. The summed E-state index contributed by atoms with van der Waals surface area (Å²) in [6.07, 6.45) is 10.4. The Labute approximate surface area is 120 Å². The number of amides is 1. The maximum atomic E-state index is 12.6. The number of hydrogen-bond donors (Lipinski definition) is 2. The molecule has 0 radical (unpaired) electrons. The van der Waals surface area contributed by atoms with Gasteiger partial charge in [-0.25, -0.2) is 4.98 Å². The van der Waals surface area contributed by atoms with E-state index in [1.165, 1.54) is 0 Å². The molecule has 1 fully saturated rings. The van der Waals surface area contributed by atoms with Crippen molar-refractivity contribution in [2.24, 2.45) is 11.1 Å². The van der Waals surface area contributed by atoms with E-state index in [2.05, 4.69) is 14.9 Å². The summed E-state index contributed by atoms with van der Waals surface area (Å²) in [7, 11) is 0. The van der Waals surface area contributed by atoms with Gasteiger partial charge in [-0.15, -0.1) is 0 Å². The van der Waals surface area contributed by atoms with Crippen LogP contribution in [0.4, 0.5) is 0 Å². The van der Waals surface area contributed by atoms with Crippen molar-refractivity contribution in [3.63, 3.8) is 0 Å². The third-order valence-corrected chi connectivity index (χ3v) is 4.93. The van der Waals surface area contributed by atoms with Crippen molar-refractivity contribution < 1.29 is 4.79 Å². The van der Waals surface area contributed by atoms with Crippen LogP contribution in [-0.4, -0.2) is 28.0 Å². The van der Waals surface area contributed by atoms with Crippen LogP contribution in [0.1, 0.15) is 52.0 Å². The molecule has 5 nitrogen and oxygen atoms in total. The molecule has 0 bridgehead atoms. The summed E-state index contributed by atoms with van der Waals surface area (Å²) in [5, 5.41) is 3.24. The van der Waals surface area contributed by atoms with Gasteiger partial charge in [-0.2, -0.15) is 0 Å². The molecule has 1 aliphatic carbocycles. The zero-order valence-electron chi connectivity index (χ0n) is 12.5. The summed E-state index contributed by atoms with van der Waals surface area (Å²) in [5.74, 6) is 0.113. The minimum Gasteiger partial charge on any atom is -0.351 e. The van der Waals surface area contributed by atoms with E-state index in [4.69, 9.17) is 5.73 Å². The quantitative estimate of drug-likeness (QED) is 0.834. The van der Waals surface area contributed by atoms with Gasteiger partial charge >= 0.3 is 0 Å². The van der Waals surface area contributed by atoms with Gasteiger partial charge in [0.05, 0.1) is 17.8 Å². The van der Waals surface area contributed by atoms with Crippen molar-refractivity contribution in [2.75, 3.05) is 6.54 Å². The van der Waals surface area contributed by atoms with Crippen LogP contribution in [0.2, 0.25) is 0 Å². The first-order valence-corrected chi connectivity index (χ1v) is 7.65. The molecular weight excluding hydrogens is 252 g/mol. The van der Waals surface area contributed by atoms with Gasteiger partial charge in [0, 0.05) is 25.0 Å². The topological polar surface area (TPSA) is 72.9 Å². The third kappa shape index (κ3) is 2.73. The van der Waals surface area contributed by atoms with E-state index >= 15 is 0 Å². The summed E-state index contributed by atoms with van der Waals surface area (Å²) in [6, 6.07) is 0.520. The predicted molar refractivity (Wildman–Crippen MR) is 79.1 cm³/mol. The number of rotatable bonds is 6. The van der Waals surface area contributed by atoms with Crippen LogP contribution >= 0.6 is 0 Å². The molecule has 2 atom stereocenters. The molecule has 112 valence electrons. The van der Waals surface area contributed by atoms with E-state index in [9.17, 15) is 4.79 Å². The highest BCUT2D eigenvalue weighted by atomic mass is 16.2. The van der Waals surface area contributed by atoms with Crippen molar-refractivity contribution in [3.8, 4) is 0 Å². The first kappa shape index (κ1) is 15.0. The number of carbonyl (C=O) groups is 1. The number of aromatic nitrogens is 2. The van der Waals surface area contributed by atoms with Crippen LogP contribution in [0.15, 0.2) is 18.7 Å². The largest absolute Gasteiger partial charge is 0.351 e. The molecular formula is C15H26N4O. The van der Waals surface area contributed by atoms with Crippen molar-refractivity contribution in [2.45, 2.75) is 58.0 Å². The minimum absolute atomic E-state index is 0.113. The van der Waals surface area contributed by atoms with Gasteiger partial charge in [0.25, 0.3) is 0 Å². The van der Waals surface area contributed by atoms with Crippen molar-refractivity contribution in [1.29, 1.82) is 0 Å².